The van der Waals surface area contributed by atoms with Crippen molar-refractivity contribution in [2.75, 3.05) is 27.9 Å². The van der Waals surface area contributed by atoms with Crippen molar-refractivity contribution < 1.29 is 19.0 Å². The van der Waals surface area contributed by atoms with Gasteiger partial charge in [-0.25, -0.2) is 0 Å². The molecule has 1 amide bonds. The van der Waals surface area contributed by atoms with Crippen LogP contribution < -0.4 is 14.2 Å². The van der Waals surface area contributed by atoms with E-state index in [0.717, 1.165) is 17.7 Å². The number of hydrogen-bond donors (Lipinski definition) is 0. The molecular weight excluding hydrogens is 342 g/mol. The molecular formula is C22H27NO4. The van der Waals surface area contributed by atoms with E-state index in [9.17, 15) is 4.79 Å². The molecule has 1 aliphatic rings. The summed E-state index contributed by atoms with van der Waals surface area (Å²) in [4.78, 5) is 15.3. The van der Waals surface area contributed by atoms with Crippen molar-refractivity contribution in [1.29, 1.82) is 0 Å². The Morgan fingerprint density at radius 3 is 2.37 bits per heavy atom. The van der Waals surface area contributed by atoms with Crippen LogP contribution in [0.25, 0.3) is 0 Å². The van der Waals surface area contributed by atoms with Crippen LogP contribution in [-0.4, -0.2) is 38.7 Å². The average molecular weight is 369 g/mol. The second-order valence-corrected chi connectivity index (χ2v) is 7.08. The van der Waals surface area contributed by atoms with Gasteiger partial charge in [0.15, 0.2) is 11.5 Å². The molecule has 5 heteroatoms. The number of benzene rings is 2. The molecule has 3 rings (SSSR count). The monoisotopic (exact) mass is 369 g/mol. The molecule has 0 N–H and O–H groups in total. The van der Waals surface area contributed by atoms with Gasteiger partial charge in [0, 0.05) is 12.1 Å². The highest BCUT2D eigenvalue weighted by molar-refractivity contribution is 5.95. The second kappa shape index (κ2) is 7.91. The lowest BCUT2D eigenvalue weighted by Gasteiger charge is -2.40. The molecule has 1 heterocycles. The Hall–Kier alpha value is -2.69. The third-order valence-corrected chi connectivity index (χ3v) is 5.13. The summed E-state index contributed by atoms with van der Waals surface area (Å²) in [5, 5.41) is 0. The van der Waals surface area contributed by atoms with Crippen LogP contribution in [0.3, 0.4) is 0 Å². The number of carbonyl (C=O) groups is 1. The van der Waals surface area contributed by atoms with Crippen molar-refractivity contribution >= 4 is 5.91 Å². The molecule has 0 saturated carbocycles. The molecule has 0 fully saturated rings. The Morgan fingerprint density at radius 2 is 1.74 bits per heavy atom. The number of nitrogens with zero attached hydrogens (tertiary/aromatic N) is 1. The number of ether oxygens (including phenoxy) is 3. The summed E-state index contributed by atoms with van der Waals surface area (Å²) in [7, 11) is 4.89. The molecule has 2 aromatic carbocycles. The number of rotatable bonds is 5. The minimum atomic E-state index is -0.0211. The van der Waals surface area contributed by atoms with Crippen LogP contribution in [0.2, 0.25) is 0 Å². The lowest BCUT2D eigenvalue weighted by Crippen LogP contribution is -2.42. The second-order valence-electron chi connectivity index (χ2n) is 7.08. The maximum Gasteiger partial charge on any atom is 0.254 e. The fourth-order valence-electron chi connectivity index (χ4n) is 3.85. The zero-order valence-electron chi connectivity index (χ0n) is 16.6. The van der Waals surface area contributed by atoms with Gasteiger partial charge in [0.25, 0.3) is 5.91 Å². The van der Waals surface area contributed by atoms with Crippen LogP contribution in [0.5, 0.6) is 17.2 Å². The first-order valence-electron chi connectivity index (χ1n) is 9.20. The maximum atomic E-state index is 13.3. The van der Waals surface area contributed by atoms with Gasteiger partial charge in [0.1, 0.15) is 5.75 Å². The number of methoxy groups -OCH3 is 3. The highest BCUT2D eigenvalue weighted by Crippen LogP contribution is 2.41. The van der Waals surface area contributed by atoms with Crippen molar-refractivity contribution in [2.45, 2.75) is 26.3 Å². The summed E-state index contributed by atoms with van der Waals surface area (Å²) < 4.78 is 16.2. The standard InChI is InChI=1S/C22H27NO4/c1-14(2)21-18-13-20(27-5)19(26-4)12-15(18)9-10-23(21)22(24)16-7-6-8-17(11-16)25-3/h6-8,11-14,21H,9-10H2,1-5H3. The number of amides is 1. The zero-order chi connectivity index (χ0) is 19.6. The number of hydrogen-bond acceptors (Lipinski definition) is 4. The summed E-state index contributed by atoms with van der Waals surface area (Å²) in [6.07, 6.45) is 0.786. The molecule has 2 aromatic rings. The Kier molecular flexibility index (Phi) is 5.59. The van der Waals surface area contributed by atoms with Crippen molar-refractivity contribution in [3.8, 4) is 17.2 Å². The maximum absolute atomic E-state index is 13.3. The highest BCUT2D eigenvalue weighted by atomic mass is 16.5. The molecule has 0 saturated heterocycles. The Balaban J connectivity index is 2.02. The van der Waals surface area contributed by atoms with Gasteiger partial charge in [0.2, 0.25) is 0 Å². The average Bonchev–Trinajstić information content (AvgIpc) is 2.70. The van der Waals surface area contributed by atoms with E-state index >= 15 is 0 Å². The van der Waals surface area contributed by atoms with Gasteiger partial charge in [-0.05, 0) is 53.8 Å². The summed E-state index contributed by atoms with van der Waals surface area (Å²) >= 11 is 0. The quantitative estimate of drug-likeness (QED) is 0.796. The molecule has 0 bridgehead atoms. The van der Waals surface area contributed by atoms with Gasteiger partial charge in [-0.2, -0.15) is 0 Å². The van der Waals surface area contributed by atoms with Crippen molar-refractivity contribution in [3.63, 3.8) is 0 Å². The van der Waals surface area contributed by atoms with E-state index in [1.807, 2.05) is 35.2 Å². The van der Waals surface area contributed by atoms with E-state index in [1.165, 1.54) is 5.56 Å². The molecule has 0 spiro atoms. The molecule has 0 aliphatic carbocycles. The molecule has 1 aliphatic heterocycles. The molecule has 0 aromatic heterocycles. The molecule has 5 nitrogen and oxygen atoms in total. The Bertz CT molecular complexity index is 831. The predicted octanol–water partition coefficient (Wildman–Crippen LogP) is 4.11. The first kappa shape index (κ1) is 19.1. The fourth-order valence-corrected chi connectivity index (χ4v) is 3.85. The highest BCUT2D eigenvalue weighted by Gasteiger charge is 2.34. The van der Waals surface area contributed by atoms with E-state index in [1.54, 1.807) is 27.4 Å². The lowest BCUT2D eigenvalue weighted by atomic mass is 9.85. The van der Waals surface area contributed by atoms with E-state index in [-0.39, 0.29) is 17.9 Å². The fraction of sp³-hybridized carbons (Fsp3) is 0.409. The van der Waals surface area contributed by atoms with Gasteiger partial charge in [0.05, 0.1) is 27.4 Å². The van der Waals surface area contributed by atoms with Crippen molar-refractivity contribution in [1.82, 2.24) is 4.90 Å². The smallest absolute Gasteiger partial charge is 0.254 e. The third-order valence-electron chi connectivity index (χ3n) is 5.13. The Labute approximate surface area is 160 Å². The number of fused-ring (bicyclic) bond motifs is 1. The van der Waals surface area contributed by atoms with E-state index in [0.29, 0.717) is 23.6 Å². The summed E-state index contributed by atoms with van der Waals surface area (Å²) in [5.74, 6) is 2.39. The van der Waals surface area contributed by atoms with E-state index < -0.39 is 0 Å². The normalized spacial score (nSPS) is 16.1. The molecule has 27 heavy (non-hydrogen) atoms. The molecule has 144 valence electrons. The number of carbonyl (C=O) groups excluding carboxylic acids is 1. The summed E-state index contributed by atoms with van der Waals surface area (Å²) in [6, 6.07) is 11.4. The van der Waals surface area contributed by atoms with Crippen LogP contribution in [0, 0.1) is 5.92 Å². The topological polar surface area (TPSA) is 48.0 Å². The van der Waals surface area contributed by atoms with Gasteiger partial charge in [-0.15, -0.1) is 0 Å². The van der Waals surface area contributed by atoms with Crippen molar-refractivity contribution in [3.05, 3.63) is 53.1 Å². The van der Waals surface area contributed by atoms with Crippen LogP contribution in [-0.2, 0) is 6.42 Å². The van der Waals surface area contributed by atoms with Gasteiger partial charge in [-0.3, -0.25) is 4.79 Å². The third kappa shape index (κ3) is 3.59. The van der Waals surface area contributed by atoms with Crippen LogP contribution in [0.1, 0.15) is 41.4 Å². The van der Waals surface area contributed by atoms with Gasteiger partial charge in [-0.1, -0.05) is 19.9 Å². The van der Waals surface area contributed by atoms with Gasteiger partial charge >= 0.3 is 0 Å². The SMILES string of the molecule is COc1cccc(C(=O)N2CCc3cc(OC)c(OC)cc3C2C(C)C)c1. The van der Waals surface area contributed by atoms with Crippen molar-refractivity contribution in [2.24, 2.45) is 5.92 Å². The molecule has 0 radical (unpaired) electrons. The Morgan fingerprint density at radius 1 is 1.04 bits per heavy atom. The minimum absolute atomic E-state index is 0.0211. The minimum Gasteiger partial charge on any atom is -0.497 e. The molecule has 1 unspecified atom stereocenters. The van der Waals surface area contributed by atoms with Crippen LogP contribution >= 0.6 is 0 Å². The first-order valence-corrected chi connectivity index (χ1v) is 9.20. The van der Waals surface area contributed by atoms with Crippen LogP contribution in [0.15, 0.2) is 36.4 Å². The first-order chi connectivity index (χ1) is 13.0. The zero-order valence-corrected chi connectivity index (χ0v) is 16.6. The van der Waals surface area contributed by atoms with Crippen LogP contribution in [0.4, 0.5) is 0 Å². The summed E-state index contributed by atoms with van der Waals surface area (Å²) in [5.41, 5.74) is 2.98. The van der Waals surface area contributed by atoms with E-state index in [4.69, 9.17) is 14.2 Å². The summed E-state index contributed by atoms with van der Waals surface area (Å²) in [6.45, 7) is 4.95. The lowest BCUT2D eigenvalue weighted by molar-refractivity contribution is 0.0602. The largest absolute Gasteiger partial charge is 0.497 e. The van der Waals surface area contributed by atoms with Gasteiger partial charge < -0.3 is 19.1 Å². The van der Waals surface area contributed by atoms with E-state index in [2.05, 4.69) is 13.8 Å². The molecule has 1 atom stereocenters. The predicted molar refractivity (Wildman–Crippen MR) is 105 cm³/mol.